The summed E-state index contributed by atoms with van der Waals surface area (Å²) in [6.45, 7) is 7.03. The van der Waals surface area contributed by atoms with Crippen LogP contribution in [0, 0.1) is 5.92 Å². The molecule has 0 unspecified atom stereocenters. The number of oxime groups is 1. The average molecular weight is 281 g/mol. The lowest BCUT2D eigenvalue weighted by Crippen LogP contribution is -2.36. The van der Waals surface area contributed by atoms with Crippen LogP contribution in [0.5, 0.6) is 0 Å². The van der Waals surface area contributed by atoms with Crippen LogP contribution in [0.15, 0.2) is 21.7 Å². The molecule has 112 valence electrons. The molecule has 6 nitrogen and oxygen atoms in total. The topological polar surface area (TPSA) is 92.1 Å². The van der Waals surface area contributed by atoms with Crippen molar-refractivity contribution in [1.29, 1.82) is 0 Å². The monoisotopic (exact) mass is 281 g/mol. The quantitative estimate of drug-likeness (QED) is 0.346. The van der Waals surface area contributed by atoms with Gasteiger partial charge in [0.25, 0.3) is 5.91 Å². The van der Waals surface area contributed by atoms with Crippen molar-refractivity contribution >= 4 is 11.7 Å². The van der Waals surface area contributed by atoms with Gasteiger partial charge in [0.15, 0.2) is 5.76 Å². The van der Waals surface area contributed by atoms with Crippen LogP contribution in [0.3, 0.4) is 0 Å². The van der Waals surface area contributed by atoms with E-state index in [1.807, 2.05) is 26.8 Å². The Balaban J connectivity index is 2.78. The third kappa shape index (κ3) is 4.60. The molecule has 0 fully saturated rings. The second-order valence-electron chi connectivity index (χ2n) is 5.11. The van der Waals surface area contributed by atoms with E-state index in [4.69, 9.17) is 15.4 Å². The summed E-state index contributed by atoms with van der Waals surface area (Å²) >= 11 is 0. The number of aryl methyl sites for hydroxylation is 1. The molecule has 0 atom stereocenters. The number of rotatable bonds is 7. The van der Waals surface area contributed by atoms with Gasteiger partial charge >= 0.3 is 0 Å². The Morgan fingerprint density at radius 2 is 2.20 bits per heavy atom. The van der Waals surface area contributed by atoms with E-state index in [0.29, 0.717) is 31.2 Å². The van der Waals surface area contributed by atoms with Crippen LogP contribution < -0.4 is 5.73 Å². The van der Waals surface area contributed by atoms with E-state index >= 15 is 0 Å². The van der Waals surface area contributed by atoms with Gasteiger partial charge in [-0.25, -0.2) is 0 Å². The van der Waals surface area contributed by atoms with Gasteiger partial charge in [0.2, 0.25) is 0 Å². The first-order valence-electron chi connectivity index (χ1n) is 6.82. The SMILES string of the molecule is CCc1ccc(C(=O)N(CCC(N)=NO)CC(C)C)o1. The molecule has 1 heterocycles. The van der Waals surface area contributed by atoms with E-state index in [0.717, 1.165) is 12.2 Å². The van der Waals surface area contributed by atoms with Crippen molar-refractivity contribution < 1.29 is 14.4 Å². The smallest absolute Gasteiger partial charge is 0.289 e. The van der Waals surface area contributed by atoms with Crippen LogP contribution in [0.2, 0.25) is 0 Å². The zero-order chi connectivity index (χ0) is 15.1. The largest absolute Gasteiger partial charge is 0.456 e. The molecule has 1 rings (SSSR count). The first kappa shape index (κ1) is 16.1. The molecule has 20 heavy (non-hydrogen) atoms. The van der Waals surface area contributed by atoms with Crippen LogP contribution in [0.25, 0.3) is 0 Å². The third-order valence-corrected chi connectivity index (χ3v) is 2.86. The van der Waals surface area contributed by atoms with Crippen LogP contribution in [0.4, 0.5) is 0 Å². The van der Waals surface area contributed by atoms with Crippen molar-refractivity contribution in [2.24, 2.45) is 16.8 Å². The fourth-order valence-electron chi connectivity index (χ4n) is 1.85. The van der Waals surface area contributed by atoms with Gasteiger partial charge < -0.3 is 20.3 Å². The summed E-state index contributed by atoms with van der Waals surface area (Å²) in [6, 6.07) is 3.50. The number of amides is 1. The van der Waals surface area contributed by atoms with Crippen molar-refractivity contribution in [3.8, 4) is 0 Å². The van der Waals surface area contributed by atoms with Gasteiger partial charge in [-0.05, 0) is 18.1 Å². The number of amidine groups is 1. The van der Waals surface area contributed by atoms with E-state index in [9.17, 15) is 4.79 Å². The summed E-state index contributed by atoms with van der Waals surface area (Å²) in [5, 5.41) is 11.5. The Morgan fingerprint density at radius 1 is 1.50 bits per heavy atom. The minimum Gasteiger partial charge on any atom is -0.456 e. The molecule has 0 saturated heterocycles. The number of hydrogen-bond donors (Lipinski definition) is 2. The van der Waals surface area contributed by atoms with Gasteiger partial charge in [0, 0.05) is 25.9 Å². The highest BCUT2D eigenvalue weighted by Crippen LogP contribution is 2.13. The molecule has 0 radical (unpaired) electrons. The minimum absolute atomic E-state index is 0.111. The molecule has 1 amide bonds. The summed E-state index contributed by atoms with van der Waals surface area (Å²) < 4.78 is 5.49. The van der Waals surface area contributed by atoms with Crippen LogP contribution in [-0.4, -0.2) is 34.9 Å². The molecule has 0 aliphatic heterocycles. The van der Waals surface area contributed by atoms with Gasteiger partial charge in [0.05, 0.1) is 0 Å². The molecule has 0 aromatic carbocycles. The van der Waals surface area contributed by atoms with Gasteiger partial charge in [-0.3, -0.25) is 4.79 Å². The van der Waals surface area contributed by atoms with E-state index in [1.165, 1.54) is 0 Å². The van der Waals surface area contributed by atoms with Crippen molar-refractivity contribution in [3.63, 3.8) is 0 Å². The lowest BCUT2D eigenvalue weighted by atomic mass is 10.2. The van der Waals surface area contributed by atoms with E-state index in [1.54, 1.807) is 11.0 Å². The van der Waals surface area contributed by atoms with Crippen LogP contribution in [-0.2, 0) is 6.42 Å². The standard InChI is InChI=1S/C14H23N3O3/c1-4-11-5-6-12(20-11)14(18)17(9-10(2)3)8-7-13(15)16-19/h5-6,10,19H,4,7-9H2,1-3H3,(H2,15,16). The Bertz CT molecular complexity index is 466. The minimum atomic E-state index is -0.163. The summed E-state index contributed by atoms with van der Waals surface area (Å²) in [4.78, 5) is 14.1. The number of carbonyl (C=O) groups is 1. The number of furan rings is 1. The lowest BCUT2D eigenvalue weighted by Gasteiger charge is -2.23. The van der Waals surface area contributed by atoms with Crippen LogP contribution >= 0.6 is 0 Å². The van der Waals surface area contributed by atoms with Crippen molar-refractivity contribution in [1.82, 2.24) is 4.90 Å². The molecule has 1 aromatic heterocycles. The molecule has 1 aromatic rings. The van der Waals surface area contributed by atoms with Gasteiger partial charge in [-0.15, -0.1) is 0 Å². The van der Waals surface area contributed by atoms with Gasteiger partial charge in [0.1, 0.15) is 11.6 Å². The predicted octanol–water partition coefficient (Wildman–Crippen LogP) is 2.08. The summed E-state index contributed by atoms with van der Waals surface area (Å²) in [5.74, 6) is 1.40. The molecular weight excluding hydrogens is 258 g/mol. The second kappa shape index (κ2) is 7.57. The molecule has 0 saturated carbocycles. The Kier molecular flexibility index (Phi) is 6.09. The third-order valence-electron chi connectivity index (χ3n) is 2.86. The highest BCUT2D eigenvalue weighted by atomic mass is 16.4. The fourth-order valence-corrected chi connectivity index (χ4v) is 1.85. The average Bonchev–Trinajstić information content (AvgIpc) is 2.90. The van der Waals surface area contributed by atoms with Crippen molar-refractivity contribution in [2.45, 2.75) is 33.6 Å². The van der Waals surface area contributed by atoms with E-state index < -0.39 is 0 Å². The van der Waals surface area contributed by atoms with Crippen molar-refractivity contribution in [2.75, 3.05) is 13.1 Å². The maximum atomic E-state index is 12.4. The molecule has 6 heteroatoms. The number of hydrogen-bond acceptors (Lipinski definition) is 4. The van der Waals surface area contributed by atoms with E-state index in [2.05, 4.69) is 5.16 Å². The Hall–Kier alpha value is -1.98. The summed E-state index contributed by atoms with van der Waals surface area (Å²) in [7, 11) is 0. The first-order chi connectivity index (χ1) is 9.47. The fraction of sp³-hybridized carbons (Fsp3) is 0.571. The molecule has 0 spiro atoms. The predicted molar refractivity (Wildman–Crippen MR) is 76.9 cm³/mol. The number of carbonyl (C=O) groups excluding carboxylic acids is 1. The maximum absolute atomic E-state index is 12.4. The molecule has 0 aliphatic rings. The normalized spacial score (nSPS) is 11.9. The van der Waals surface area contributed by atoms with Crippen LogP contribution in [0.1, 0.15) is 43.5 Å². The summed E-state index contributed by atoms with van der Waals surface area (Å²) in [5.41, 5.74) is 5.46. The molecule has 0 bridgehead atoms. The lowest BCUT2D eigenvalue weighted by molar-refractivity contribution is 0.0706. The molecular formula is C14H23N3O3. The van der Waals surface area contributed by atoms with Gasteiger partial charge in [-0.1, -0.05) is 25.9 Å². The van der Waals surface area contributed by atoms with E-state index in [-0.39, 0.29) is 11.7 Å². The Labute approximate surface area is 119 Å². The second-order valence-corrected chi connectivity index (χ2v) is 5.11. The zero-order valence-corrected chi connectivity index (χ0v) is 12.3. The summed E-state index contributed by atoms with van der Waals surface area (Å²) in [6.07, 6.45) is 1.08. The Morgan fingerprint density at radius 3 is 2.70 bits per heavy atom. The highest BCUT2D eigenvalue weighted by Gasteiger charge is 2.20. The zero-order valence-electron chi connectivity index (χ0n) is 12.3. The van der Waals surface area contributed by atoms with Crippen molar-refractivity contribution in [3.05, 3.63) is 23.7 Å². The number of nitrogens with zero attached hydrogens (tertiary/aromatic N) is 2. The number of nitrogens with two attached hydrogens (primary N) is 1. The van der Waals surface area contributed by atoms with Gasteiger partial charge in [-0.2, -0.15) is 0 Å². The first-order valence-corrected chi connectivity index (χ1v) is 6.82. The molecule has 0 aliphatic carbocycles. The highest BCUT2D eigenvalue weighted by molar-refractivity contribution is 5.92. The molecule has 3 N–H and O–H groups in total. The maximum Gasteiger partial charge on any atom is 0.289 e.